The maximum absolute atomic E-state index is 12.2. The summed E-state index contributed by atoms with van der Waals surface area (Å²) in [7, 11) is 0. The van der Waals surface area contributed by atoms with E-state index in [-0.39, 0.29) is 19.2 Å². The fourth-order valence-electron chi connectivity index (χ4n) is 5.63. The van der Waals surface area contributed by atoms with Gasteiger partial charge in [0, 0.05) is 13.0 Å². The summed E-state index contributed by atoms with van der Waals surface area (Å²) in [5.74, 6) is -0.209. The van der Waals surface area contributed by atoms with Crippen molar-refractivity contribution in [3.05, 3.63) is 48.6 Å². The lowest BCUT2D eigenvalue weighted by Gasteiger charge is -2.16. The van der Waals surface area contributed by atoms with Crippen molar-refractivity contribution in [2.24, 2.45) is 0 Å². The second-order valence-corrected chi connectivity index (χ2v) is 13.3. The SMILES string of the molecule is CC/C=C\C/C=C\C/C=C\CCCCCCCCCCOCC(CO)OC(=O)CCCCCCCCC/C=C\CCCCCCCC. The monoisotopic (exact) mass is 659 g/mol. The number of esters is 1. The van der Waals surface area contributed by atoms with Crippen LogP contribution in [0.1, 0.15) is 194 Å². The van der Waals surface area contributed by atoms with Gasteiger partial charge < -0.3 is 14.6 Å². The Bertz CT molecular complexity index is 738. The number of aliphatic hydroxyl groups is 1. The van der Waals surface area contributed by atoms with E-state index in [1.807, 2.05) is 0 Å². The minimum atomic E-state index is -0.540. The number of ether oxygens (including phenoxy) is 2. The molecule has 0 radical (unpaired) electrons. The summed E-state index contributed by atoms with van der Waals surface area (Å²) >= 11 is 0. The minimum absolute atomic E-state index is 0.177. The van der Waals surface area contributed by atoms with Gasteiger partial charge >= 0.3 is 5.97 Å². The molecule has 0 aliphatic carbocycles. The van der Waals surface area contributed by atoms with E-state index >= 15 is 0 Å². The Kier molecular flexibility index (Phi) is 39.1. The average Bonchev–Trinajstić information content (AvgIpc) is 3.08. The second-order valence-electron chi connectivity index (χ2n) is 13.3. The first-order valence-electron chi connectivity index (χ1n) is 20.2. The number of carbonyl (C=O) groups excluding carboxylic acids is 1. The van der Waals surface area contributed by atoms with Crippen LogP contribution in [0.2, 0.25) is 0 Å². The molecular weight excluding hydrogens is 580 g/mol. The van der Waals surface area contributed by atoms with Crippen LogP contribution in [0.25, 0.3) is 0 Å². The summed E-state index contributed by atoms with van der Waals surface area (Å²) in [5, 5.41) is 9.58. The Morgan fingerprint density at radius 2 is 0.957 bits per heavy atom. The third kappa shape index (κ3) is 38.7. The van der Waals surface area contributed by atoms with Gasteiger partial charge in [0.2, 0.25) is 0 Å². The first kappa shape index (κ1) is 45.3. The van der Waals surface area contributed by atoms with Crippen molar-refractivity contribution in [2.75, 3.05) is 19.8 Å². The second kappa shape index (κ2) is 40.5. The van der Waals surface area contributed by atoms with E-state index in [2.05, 4.69) is 62.5 Å². The lowest BCUT2D eigenvalue weighted by molar-refractivity contribution is -0.154. The molecule has 0 bridgehead atoms. The van der Waals surface area contributed by atoms with Gasteiger partial charge in [0.1, 0.15) is 6.10 Å². The van der Waals surface area contributed by atoms with E-state index in [0.29, 0.717) is 13.0 Å². The van der Waals surface area contributed by atoms with E-state index in [1.54, 1.807) is 0 Å². The fraction of sp³-hybridized carbons (Fsp3) is 0.791. The van der Waals surface area contributed by atoms with Crippen LogP contribution in [0.4, 0.5) is 0 Å². The van der Waals surface area contributed by atoms with Crippen LogP contribution < -0.4 is 0 Å². The zero-order valence-electron chi connectivity index (χ0n) is 31.3. The normalized spacial score (nSPS) is 12.8. The Balaban J connectivity index is 3.45. The summed E-state index contributed by atoms with van der Waals surface area (Å²) in [5.41, 5.74) is 0. The van der Waals surface area contributed by atoms with E-state index < -0.39 is 6.10 Å². The highest BCUT2D eigenvalue weighted by Crippen LogP contribution is 2.13. The number of hydrogen-bond donors (Lipinski definition) is 1. The minimum Gasteiger partial charge on any atom is -0.457 e. The molecule has 0 fully saturated rings. The molecule has 1 unspecified atom stereocenters. The van der Waals surface area contributed by atoms with Gasteiger partial charge in [-0.15, -0.1) is 0 Å². The molecule has 274 valence electrons. The van der Waals surface area contributed by atoms with Gasteiger partial charge in [0.25, 0.3) is 0 Å². The number of carbonyl (C=O) groups is 1. The van der Waals surface area contributed by atoms with Crippen LogP contribution in [0, 0.1) is 0 Å². The molecule has 4 nitrogen and oxygen atoms in total. The summed E-state index contributed by atoms with van der Waals surface area (Å²) in [6.45, 7) is 5.22. The predicted molar refractivity (Wildman–Crippen MR) is 205 cm³/mol. The van der Waals surface area contributed by atoms with E-state index in [9.17, 15) is 9.90 Å². The third-order valence-corrected chi connectivity index (χ3v) is 8.64. The van der Waals surface area contributed by atoms with Crippen LogP contribution >= 0.6 is 0 Å². The van der Waals surface area contributed by atoms with Gasteiger partial charge in [-0.2, -0.15) is 0 Å². The topological polar surface area (TPSA) is 55.8 Å². The van der Waals surface area contributed by atoms with Crippen molar-refractivity contribution in [1.82, 2.24) is 0 Å². The molecule has 1 atom stereocenters. The molecule has 0 rings (SSSR count). The standard InChI is InChI=1S/C43H78O4/c1-3-5-7-9-11-13-15-17-19-21-23-25-27-29-31-33-35-37-39-46-41-42(40-44)47-43(45)38-36-34-32-30-28-26-24-22-20-18-16-14-12-10-8-6-4-2/h5,7,11,13,17-20,42,44H,3-4,6,8-10,12,14-16,21-41H2,1-2H3/b7-5-,13-11-,19-17-,20-18-. The van der Waals surface area contributed by atoms with Crippen LogP contribution in [0.3, 0.4) is 0 Å². The summed E-state index contributed by atoms with van der Waals surface area (Å²) in [6, 6.07) is 0. The zero-order chi connectivity index (χ0) is 34.1. The van der Waals surface area contributed by atoms with Crippen LogP contribution in [-0.2, 0) is 14.3 Å². The van der Waals surface area contributed by atoms with Gasteiger partial charge in [-0.05, 0) is 70.6 Å². The number of allylic oxidation sites excluding steroid dienone is 8. The Morgan fingerprint density at radius 3 is 1.47 bits per heavy atom. The summed E-state index contributed by atoms with van der Waals surface area (Å²) < 4.78 is 11.1. The molecule has 0 amide bonds. The van der Waals surface area contributed by atoms with Crippen molar-refractivity contribution in [1.29, 1.82) is 0 Å². The van der Waals surface area contributed by atoms with Crippen molar-refractivity contribution >= 4 is 5.97 Å². The maximum Gasteiger partial charge on any atom is 0.306 e. The van der Waals surface area contributed by atoms with Gasteiger partial charge in [-0.1, -0.05) is 165 Å². The first-order chi connectivity index (χ1) is 23.2. The van der Waals surface area contributed by atoms with Crippen LogP contribution in [-0.4, -0.2) is 37.0 Å². The highest BCUT2D eigenvalue weighted by Gasteiger charge is 2.13. The number of hydrogen-bond acceptors (Lipinski definition) is 4. The predicted octanol–water partition coefficient (Wildman–Crippen LogP) is 13.1. The number of rotatable bonds is 37. The van der Waals surface area contributed by atoms with Crippen molar-refractivity contribution in [3.63, 3.8) is 0 Å². The smallest absolute Gasteiger partial charge is 0.306 e. The van der Waals surface area contributed by atoms with Crippen molar-refractivity contribution in [3.8, 4) is 0 Å². The molecule has 0 saturated carbocycles. The molecule has 1 N–H and O–H groups in total. The number of unbranched alkanes of at least 4 members (excludes halogenated alkanes) is 21. The van der Waals surface area contributed by atoms with E-state index in [0.717, 1.165) is 38.5 Å². The Labute approximate surface area is 292 Å². The Hall–Kier alpha value is -1.65. The van der Waals surface area contributed by atoms with Gasteiger partial charge in [0.15, 0.2) is 0 Å². The molecule has 0 aromatic carbocycles. The van der Waals surface area contributed by atoms with Crippen LogP contribution in [0.5, 0.6) is 0 Å². The molecule has 0 aliphatic heterocycles. The number of aliphatic hydroxyl groups excluding tert-OH is 1. The lowest BCUT2D eigenvalue weighted by atomic mass is 10.1. The van der Waals surface area contributed by atoms with Crippen LogP contribution in [0.15, 0.2) is 48.6 Å². The quantitative estimate of drug-likeness (QED) is 0.0410. The molecule has 47 heavy (non-hydrogen) atoms. The molecular formula is C43H78O4. The summed E-state index contributed by atoms with van der Waals surface area (Å²) in [4.78, 5) is 12.2. The molecule has 0 aliphatic rings. The third-order valence-electron chi connectivity index (χ3n) is 8.64. The van der Waals surface area contributed by atoms with Crippen molar-refractivity contribution < 1.29 is 19.4 Å². The molecule has 0 saturated heterocycles. The average molecular weight is 659 g/mol. The summed E-state index contributed by atoms with van der Waals surface area (Å²) in [6.07, 6.45) is 51.6. The van der Waals surface area contributed by atoms with E-state index in [1.165, 1.54) is 135 Å². The van der Waals surface area contributed by atoms with Gasteiger partial charge in [-0.3, -0.25) is 4.79 Å². The largest absolute Gasteiger partial charge is 0.457 e. The maximum atomic E-state index is 12.2. The zero-order valence-corrected chi connectivity index (χ0v) is 31.3. The first-order valence-corrected chi connectivity index (χ1v) is 20.2. The van der Waals surface area contributed by atoms with Gasteiger partial charge in [0.05, 0.1) is 13.2 Å². The molecule has 4 heteroatoms. The molecule has 0 aromatic rings. The molecule has 0 heterocycles. The molecule has 0 aromatic heterocycles. The Morgan fingerprint density at radius 1 is 0.532 bits per heavy atom. The van der Waals surface area contributed by atoms with Crippen molar-refractivity contribution in [2.45, 2.75) is 200 Å². The highest BCUT2D eigenvalue weighted by molar-refractivity contribution is 5.69. The fourth-order valence-corrected chi connectivity index (χ4v) is 5.63. The highest BCUT2D eigenvalue weighted by atomic mass is 16.6. The molecule has 0 spiro atoms. The van der Waals surface area contributed by atoms with E-state index in [4.69, 9.17) is 9.47 Å². The van der Waals surface area contributed by atoms with Gasteiger partial charge in [-0.25, -0.2) is 0 Å². The lowest BCUT2D eigenvalue weighted by Crippen LogP contribution is -2.27.